The molecule has 0 bridgehead atoms. The van der Waals surface area contributed by atoms with Crippen molar-refractivity contribution in [1.29, 1.82) is 0 Å². The van der Waals surface area contributed by atoms with Crippen molar-refractivity contribution in [2.24, 2.45) is 0 Å². The fourth-order valence-electron chi connectivity index (χ4n) is 3.36. The van der Waals surface area contributed by atoms with Gasteiger partial charge in [0, 0.05) is 31.1 Å². The Morgan fingerprint density at radius 1 is 1.39 bits per heavy atom. The lowest BCUT2D eigenvalue weighted by Crippen LogP contribution is -2.25. The van der Waals surface area contributed by atoms with Crippen molar-refractivity contribution >= 4 is 11.0 Å². The molecule has 2 atom stereocenters. The number of nitrogens with zero attached hydrogens (tertiary/aromatic N) is 3. The van der Waals surface area contributed by atoms with Gasteiger partial charge in [0.15, 0.2) is 5.82 Å². The number of fused-ring (bicyclic) bond motifs is 1. The maximum atomic E-state index is 5.66. The molecule has 0 spiro atoms. The van der Waals surface area contributed by atoms with Crippen LogP contribution in [0.25, 0.3) is 11.0 Å². The normalized spacial score (nSPS) is 22.2. The first-order chi connectivity index (χ1) is 11.2. The van der Waals surface area contributed by atoms with Gasteiger partial charge in [-0.3, -0.25) is 10.00 Å². The predicted octanol–water partition coefficient (Wildman–Crippen LogP) is 2.82. The summed E-state index contributed by atoms with van der Waals surface area (Å²) in [5, 5.41) is 8.46. The number of methoxy groups -OCH3 is 1. The number of furan rings is 1. The maximum absolute atomic E-state index is 5.66. The van der Waals surface area contributed by atoms with Gasteiger partial charge in [-0.15, -0.1) is 0 Å². The molecule has 2 aromatic heterocycles. The van der Waals surface area contributed by atoms with Gasteiger partial charge in [-0.1, -0.05) is 18.2 Å². The Balaban J connectivity index is 1.62. The summed E-state index contributed by atoms with van der Waals surface area (Å²) in [5.41, 5.74) is 2.12. The largest absolute Gasteiger partial charge is 0.464 e. The zero-order valence-electron chi connectivity index (χ0n) is 13.3. The molecule has 0 radical (unpaired) electrons. The van der Waals surface area contributed by atoms with Crippen LogP contribution in [0, 0.1) is 6.92 Å². The quantitative estimate of drug-likeness (QED) is 0.802. The minimum atomic E-state index is 0.165. The van der Waals surface area contributed by atoms with E-state index in [1.54, 1.807) is 7.11 Å². The lowest BCUT2D eigenvalue weighted by Gasteiger charge is -2.21. The second kappa shape index (κ2) is 5.79. The Morgan fingerprint density at radius 2 is 2.26 bits per heavy atom. The van der Waals surface area contributed by atoms with Crippen LogP contribution >= 0.6 is 0 Å². The average molecular weight is 312 g/mol. The number of para-hydroxylation sites is 1. The van der Waals surface area contributed by atoms with Gasteiger partial charge in [-0.25, -0.2) is 4.98 Å². The third-order valence-corrected chi connectivity index (χ3v) is 4.55. The first kappa shape index (κ1) is 14.4. The molecule has 6 nitrogen and oxygen atoms in total. The van der Waals surface area contributed by atoms with E-state index in [0.717, 1.165) is 36.7 Å². The van der Waals surface area contributed by atoms with E-state index in [1.165, 1.54) is 10.9 Å². The van der Waals surface area contributed by atoms with E-state index in [2.05, 4.69) is 26.1 Å². The molecule has 1 aliphatic rings. The first-order valence-electron chi connectivity index (χ1n) is 7.85. The molecule has 0 aliphatic carbocycles. The van der Waals surface area contributed by atoms with Crippen molar-refractivity contribution in [2.75, 3.05) is 13.7 Å². The summed E-state index contributed by atoms with van der Waals surface area (Å²) in [7, 11) is 1.77. The van der Waals surface area contributed by atoms with E-state index < -0.39 is 0 Å². The molecule has 1 fully saturated rings. The number of hydrogen-bond donors (Lipinski definition) is 1. The number of hydrogen-bond acceptors (Lipinski definition) is 5. The van der Waals surface area contributed by atoms with Crippen molar-refractivity contribution in [2.45, 2.75) is 32.0 Å². The van der Waals surface area contributed by atoms with Gasteiger partial charge in [0.1, 0.15) is 11.4 Å². The van der Waals surface area contributed by atoms with E-state index in [1.807, 2.05) is 31.4 Å². The Morgan fingerprint density at radius 3 is 3.04 bits per heavy atom. The summed E-state index contributed by atoms with van der Waals surface area (Å²) in [4.78, 5) is 6.89. The second-order valence-corrected chi connectivity index (χ2v) is 6.07. The minimum absolute atomic E-state index is 0.165. The minimum Gasteiger partial charge on any atom is -0.464 e. The summed E-state index contributed by atoms with van der Waals surface area (Å²) < 4.78 is 11.2. The van der Waals surface area contributed by atoms with Gasteiger partial charge in [-0.2, -0.15) is 5.10 Å². The SMILES string of the molecule is CO[C@@H]1C[C@@H](c2n[nH]c(C)n2)N(Cc2coc3ccccc23)C1. The summed E-state index contributed by atoms with van der Waals surface area (Å²) in [6.45, 7) is 3.59. The van der Waals surface area contributed by atoms with Crippen LogP contribution in [0.2, 0.25) is 0 Å². The molecule has 3 aromatic rings. The second-order valence-electron chi connectivity index (χ2n) is 6.07. The summed E-state index contributed by atoms with van der Waals surface area (Å²) in [5.74, 6) is 1.68. The smallest absolute Gasteiger partial charge is 0.167 e. The third kappa shape index (κ3) is 2.64. The molecule has 1 saturated heterocycles. The average Bonchev–Trinajstić information content (AvgIpc) is 3.27. The molecule has 0 saturated carbocycles. The van der Waals surface area contributed by atoms with Crippen molar-refractivity contribution in [1.82, 2.24) is 20.1 Å². The number of benzene rings is 1. The standard InChI is InChI=1S/C17H20N4O2/c1-11-18-17(20-19-11)15-7-13(22-2)9-21(15)8-12-10-23-16-6-4-3-5-14(12)16/h3-6,10,13,15H,7-9H2,1-2H3,(H,18,19,20)/t13-,15+/m1/s1. The van der Waals surface area contributed by atoms with Crippen molar-refractivity contribution in [3.05, 3.63) is 47.7 Å². The highest BCUT2D eigenvalue weighted by molar-refractivity contribution is 5.80. The highest BCUT2D eigenvalue weighted by atomic mass is 16.5. The van der Waals surface area contributed by atoms with E-state index in [9.17, 15) is 0 Å². The molecular formula is C17H20N4O2. The van der Waals surface area contributed by atoms with Crippen LogP contribution in [0.3, 0.4) is 0 Å². The van der Waals surface area contributed by atoms with Crippen LogP contribution < -0.4 is 0 Å². The fourth-order valence-corrected chi connectivity index (χ4v) is 3.36. The number of H-pyrrole nitrogens is 1. The highest BCUT2D eigenvalue weighted by Gasteiger charge is 2.35. The Labute approximate surface area is 134 Å². The Hall–Kier alpha value is -2.18. The van der Waals surface area contributed by atoms with E-state index in [0.29, 0.717) is 0 Å². The number of nitrogens with one attached hydrogen (secondary N) is 1. The number of ether oxygens (including phenoxy) is 1. The van der Waals surface area contributed by atoms with Gasteiger partial charge >= 0.3 is 0 Å². The van der Waals surface area contributed by atoms with Gasteiger partial charge in [0.2, 0.25) is 0 Å². The number of aryl methyl sites for hydroxylation is 1. The molecule has 1 aliphatic heterocycles. The number of likely N-dealkylation sites (tertiary alicyclic amines) is 1. The van der Waals surface area contributed by atoms with Gasteiger partial charge in [-0.05, 0) is 19.4 Å². The molecule has 3 heterocycles. The van der Waals surface area contributed by atoms with Crippen LogP contribution in [0.4, 0.5) is 0 Å². The highest BCUT2D eigenvalue weighted by Crippen LogP contribution is 2.34. The monoisotopic (exact) mass is 312 g/mol. The van der Waals surface area contributed by atoms with Crippen LogP contribution in [-0.2, 0) is 11.3 Å². The summed E-state index contributed by atoms with van der Waals surface area (Å²) in [6.07, 6.45) is 2.96. The molecule has 120 valence electrons. The molecular weight excluding hydrogens is 292 g/mol. The predicted molar refractivity (Wildman–Crippen MR) is 85.9 cm³/mol. The zero-order chi connectivity index (χ0) is 15.8. The van der Waals surface area contributed by atoms with Crippen molar-refractivity contribution < 1.29 is 9.15 Å². The van der Waals surface area contributed by atoms with Gasteiger partial charge in [0.05, 0.1) is 18.4 Å². The van der Waals surface area contributed by atoms with Crippen LogP contribution in [0.15, 0.2) is 34.9 Å². The van der Waals surface area contributed by atoms with E-state index >= 15 is 0 Å². The Kier molecular flexibility index (Phi) is 3.63. The molecule has 1 N–H and O–H groups in total. The maximum Gasteiger partial charge on any atom is 0.167 e. The van der Waals surface area contributed by atoms with E-state index in [-0.39, 0.29) is 12.1 Å². The van der Waals surface area contributed by atoms with Crippen molar-refractivity contribution in [3.63, 3.8) is 0 Å². The molecule has 6 heteroatoms. The van der Waals surface area contributed by atoms with Crippen LogP contribution in [0.5, 0.6) is 0 Å². The molecule has 23 heavy (non-hydrogen) atoms. The Bertz CT molecular complexity index is 810. The third-order valence-electron chi connectivity index (χ3n) is 4.55. The lowest BCUT2D eigenvalue weighted by molar-refractivity contribution is 0.107. The number of rotatable bonds is 4. The van der Waals surface area contributed by atoms with Crippen LogP contribution in [-0.4, -0.2) is 39.8 Å². The summed E-state index contributed by atoms with van der Waals surface area (Å²) in [6, 6.07) is 8.30. The molecule has 0 unspecified atom stereocenters. The van der Waals surface area contributed by atoms with Crippen molar-refractivity contribution in [3.8, 4) is 0 Å². The number of aromatic amines is 1. The number of aromatic nitrogens is 3. The van der Waals surface area contributed by atoms with Gasteiger partial charge < -0.3 is 9.15 Å². The first-order valence-corrected chi connectivity index (χ1v) is 7.85. The fraction of sp³-hybridized carbons (Fsp3) is 0.412. The molecule has 1 aromatic carbocycles. The zero-order valence-corrected chi connectivity index (χ0v) is 13.3. The van der Waals surface area contributed by atoms with E-state index in [4.69, 9.17) is 9.15 Å². The molecule has 0 amide bonds. The van der Waals surface area contributed by atoms with Crippen LogP contribution in [0.1, 0.15) is 29.7 Å². The topological polar surface area (TPSA) is 67.2 Å². The molecule has 4 rings (SSSR count). The van der Waals surface area contributed by atoms with Gasteiger partial charge in [0.25, 0.3) is 0 Å². The lowest BCUT2D eigenvalue weighted by atomic mass is 10.1. The summed E-state index contributed by atoms with van der Waals surface area (Å²) >= 11 is 0.